The Bertz CT molecular complexity index is 330. The van der Waals surface area contributed by atoms with Gasteiger partial charge in [-0.15, -0.1) is 0 Å². The van der Waals surface area contributed by atoms with Crippen molar-refractivity contribution >= 4 is 5.97 Å². The summed E-state index contributed by atoms with van der Waals surface area (Å²) >= 11 is 0. The van der Waals surface area contributed by atoms with Crippen LogP contribution < -0.4 is 0 Å². The minimum Gasteiger partial charge on any atom is -0.459 e. The Morgan fingerprint density at radius 2 is 1.67 bits per heavy atom. The molecule has 0 aromatic heterocycles. The van der Waals surface area contributed by atoms with Crippen LogP contribution in [0.4, 0.5) is 0 Å². The minimum atomic E-state index is -0.255. The van der Waals surface area contributed by atoms with Crippen LogP contribution in [-0.4, -0.2) is 12.1 Å². The van der Waals surface area contributed by atoms with Crippen LogP contribution in [0.25, 0.3) is 0 Å². The van der Waals surface area contributed by atoms with Crippen molar-refractivity contribution in [3.05, 3.63) is 12.7 Å². The van der Waals surface area contributed by atoms with Gasteiger partial charge in [-0.3, -0.25) is 0 Å². The largest absolute Gasteiger partial charge is 0.459 e. The average Bonchev–Trinajstić information content (AvgIpc) is 2.54. The highest BCUT2D eigenvalue weighted by atomic mass is 16.5. The Hall–Kier alpha value is -0.790. The zero-order chi connectivity index (χ0) is 15.1. The first-order valence-electron chi connectivity index (χ1n) is 9.06. The van der Waals surface area contributed by atoms with E-state index in [1.807, 2.05) is 0 Å². The van der Waals surface area contributed by atoms with Crippen molar-refractivity contribution in [3.63, 3.8) is 0 Å². The summed E-state index contributed by atoms with van der Waals surface area (Å²) < 4.78 is 5.38. The second kappa shape index (κ2) is 8.60. The van der Waals surface area contributed by atoms with Gasteiger partial charge in [-0.2, -0.15) is 0 Å². The summed E-state index contributed by atoms with van der Waals surface area (Å²) in [5.41, 5.74) is 0. The molecule has 0 aromatic carbocycles. The fraction of sp³-hybridized carbons (Fsp3) is 0.842. The molecule has 0 atom stereocenters. The summed E-state index contributed by atoms with van der Waals surface area (Å²) in [6, 6.07) is 0. The molecule has 0 spiro atoms. The van der Waals surface area contributed by atoms with Crippen LogP contribution in [0.2, 0.25) is 0 Å². The van der Waals surface area contributed by atoms with Crippen molar-refractivity contribution in [1.29, 1.82) is 0 Å². The van der Waals surface area contributed by atoms with E-state index < -0.39 is 0 Å². The first-order valence-corrected chi connectivity index (χ1v) is 9.06. The molecule has 0 aromatic rings. The molecule has 2 rings (SSSR count). The number of rotatable bonds is 6. The Labute approximate surface area is 133 Å². The lowest BCUT2D eigenvalue weighted by molar-refractivity contribution is -0.145. The fourth-order valence-corrected chi connectivity index (χ4v) is 4.33. The van der Waals surface area contributed by atoms with Crippen molar-refractivity contribution in [2.24, 2.45) is 17.8 Å². The number of unbranched alkanes of at least 4 members (excludes halogenated alkanes) is 1. The Morgan fingerprint density at radius 1 is 1.10 bits per heavy atom. The smallest absolute Gasteiger partial charge is 0.330 e. The van der Waals surface area contributed by atoms with Crippen molar-refractivity contribution in [3.8, 4) is 0 Å². The van der Waals surface area contributed by atoms with Crippen LogP contribution in [-0.2, 0) is 9.53 Å². The number of hydrogen-bond acceptors (Lipinski definition) is 2. The molecule has 0 aliphatic heterocycles. The monoisotopic (exact) mass is 296 g/mol. The van der Waals surface area contributed by atoms with Crippen LogP contribution in [0.1, 0.15) is 80.4 Å². The van der Waals surface area contributed by atoms with Gasteiger partial charge in [-0.25, -0.2) is 4.79 Å². The number of hydrogen-bond donors (Lipinski definition) is 0. The lowest BCUT2D eigenvalue weighted by atomic mass is 9.70. The topological polar surface area (TPSA) is 26.3 Å². The van der Waals surface area contributed by atoms with Crippen molar-refractivity contribution in [1.82, 2.24) is 0 Å². The first kappa shape index (κ1) is 16.6. The summed E-state index contributed by atoms with van der Waals surface area (Å²) in [5, 5.41) is 0. The first-order chi connectivity index (χ1) is 10.2. The van der Waals surface area contributed by atoms with Crippen LogP contribution in [0, 0.1) is 17.8 Å². The van der Waals surface area contributed by atoms with Crippen molar-refractivity contribution < 1.29 is 12.4 Å². The molecule has 0 bridgehead atoms. The van der Waals surface area contributed by atoms with E-state index in [0.717, 1.165) is 30.6 Å². The normalized spacial score (nSPS) is 33.4. The van der Waals surface area contributed by atoms with Crippen LogP contribution in [0.15, 0.2) is 12.7 Å². The third-order valence-electron chi connectivity index (χ3n) is 5.69. The van der Waals surface area contributed by atoms with Crippen LogP contribution in [0.5, 0.6) is 0 Å². The second-order valence-electron chi connectivity index (χ2n) is 7.10. The van der Waals surface area contributed by atoms with Gasteiger partial charge < -0.3 is 4.74 Å². The molecule has 2 fully saturated rings. The predicted molar refractivity (Wildman–Crippen MR) is 91.2 cm³/mol. The molecular weight excluding hydrogens is 260 g/mol. The molecule has 2 heteroatoms. The van der Waals surface area contributed by atoms with Gasteiger partial charge >= 0.3 is 5.97 Å². The molecular formula is C19H36O2. The van der Waals surface area contributed by atoms with E-state index in [2.05, 4.69) is 13.5 Å². The Balaban J connectivity index is 0.00000242. The zero-order valence-electron chi connectivity index (χ0n) is 13.7. The zero-order valence-corrected chi connectivity index (χ0v) is 13.7. The summed E-state index contributed by atoms with van der Waals surface area (Å²) in [6.07, 6.45) is 16.0. The summed E-state index contributed by atoms with van der Waals surface area (Å²) in [7, 11) is 0. The highest BCUT2D eigenvalue weighted by molar-refractivity contribution is 5.81. The van der Waals surface area contributed by atoms with Gasteiger partial charge in [-0.1, -0.05) is 45.6 Å². The SMILES string of the molecule is C=CC(=O)OC1CCC(C2CCC(CCCC)CC2)CC1.[HH].[HH]. The number of ether oxygens (including phenoxy) is 1. The average molecular weight is 296 g/mol. The van der Waals surface area contributed by atoms with Gasteiger partial charge in [0.25, 0.3) is 0 Å². The van der Waals surface area contributed by atoms with Crippen LogP contribution >= 0.6 is 0 Å². The molecule has 0 amide bonds. The maximum Gasteiger partial charge on any atom is 0.330 e. The number of esters is 1. The summed E-state index contributed by atoms with van der Waals surface area (Å²) in [6.45, 7) is 5.76. The maximum atomic E-state index is 11.2. The van der Waals surface area contributed by atoms with Gasteiger partial charge in [0.2, 0.25) is 0 Å². The molecule has 0 saturated heterocycles. The second-order valence-corrected chi connectivity index (χ2v) is 7.10. The van der Waals surface area contributed by atoms with E-state index >= 15 is 0 Å². The molecule has 2 saturated carbocycles. The van der Waals surface area contributed by atoms with Crippen molar-refractivity contribution in [2.75, 3.05) is 0 Å². The van der Waals surface area contributed by atoms with Gasteiger partial charge in [0, 0.05) is 8.93 Å². The minimum absolute atomic E-state index is 0. The summed E-state index contributed by atoms with van der Waals surface area (Å²) in [4.78, 5) is 11.2. The fourth-order valence-electron chi connectivity index (χ4n) is 4.33. The van der Waals surface area contributed by atoms with Gasteiger partial charge in [0.1, 0.15) is 6.10 Å². The van der Waals surface area contributed by atoms with E-state index in [1.54, 1.807) is 0 Å². The third kappa shape index (κ3) is 5.16. The molecule has 2 aliphatic rings. The van der Waals surface area contributed by atoms with E-state index in [1.165, 1.54) is 63.9 Å². The molecule has 0 unspecified atom stereocenters. The van der Waals surface area contributed by atoms with Gasteiger partial charge in [-0.05, 0) is 56.3 Å². The highest BCUT2D eigenvalue weighted by Crippen LogP contribution is 2.41. The standard InChI is InChI=1S/C19H32O2.2H2/c1-3-5-6-15-7-9-16(10-8-15)17-11-13-18(14-12-17)21-19(20)4-2;;/h4,15-18H,2-3,5-14H2,1H3;2*1H. The number of carbonyl (C=O) groups is 1. The molecule has 2 aliphatic carbocycles. The Morgan fingerprint density at radius 3 is 2.19 bits per heavy atom. The van der Waals surface area contributed by atoms with E-state index in [9.17, 15) is 4.79 Å². The predicted octanol–water partition coefficient (Wildman–Crippen LogP) is 5.76. The quantitative estimate of drug-likeness (QED) is 0.460. The van der Waals surface area contributed by atoms with Crippen LogP contribution in [0.3, 0.4) is 0 Å². The highest BCUT2D eigenvalue weighted by Gasteiger charge is 2.31. The lowest BCUT2D eigenvalue weighted by Crippen LogP contribution is -2.29. The molecule has 21 heavy (non-hydrogen) atoms. The van der Waals surface area contributed by atoms with Crippen molar-refractivity contribution in [2.45, 2.75) is 83.7 Å². The Kier molecular flexibility index (Phi) is 6.79. The lowest BCUT2D eigenvalue weighted by Gasteiger charge is -2.37. The molecule has 0 N–H and O–H groups in total. The van der Waals surface area contributed by atoms with E-state index in [0.29, 0.717) is 0 Å². The molecule has 124 valence electrons. The number of carbonyl (C=O) groups excluding carboxylic acids is 1. The molecule has 2 nitrogen and oxygen atoms in total. The molecule has 0 radical (unpaired) electrons. The van der Waals surface area contributed by atoms with E-state index in [-0.39, 0.29) is 14.9 Å². The summed E-state index contributed by atoms with van der Waals surface area (Å²) in [5.74, 6) is 2.58. The third-order valence-corrected chi connectivity index (χ3v) is 5.69. The van der Waals surface area contributed by atoms with E-state index in [4.69, 9.17) is 4.74 Å². The maximum absolute atomic E-state index is 11.2. The van der Waals surface area contributed by atoms with Gasteiger partial charge in [0.15, 0.2) is 0 Å². The van der Waals surface area contributed by atoms with Gasteiger partial charge in [0.05, 0.1) is 0 Å². The molecule has 0 heterocycles.